The summed E-state index contributed by atoms with van der Waals surface area (Å²) in [6.45, 7) is 4.14. The van der Waals surface area contributed by atoms with Gasteiger partial charge in [-0.3, -0.25) is 9.78 Å². The van der Waals surface area contributed by atoms with Crippen LogP contribution in [0.15, 0.2) is 24.5 Å². The quantitative estimate of drug-likeness (QED) is 0.769. The molecule has 3 rings (SSSR count). The van der Waals surface area contributed by atoms with Crippen molar-refractivity contribution in [3.05, 3.63) is 30.1 Å². The summed E-state index contributed by atoms with van der Waals surface area (Å²) in [7, 11) is 2.19. The fourth-order valence-corrected chi connectivity index (χ4v) is 3.57. The highest BCUT2D eigenvalue weighted by atomic mass is 16.2. The van der Waals surface area contributed by atoms with Gasteiger partial charge in [0, 0.05) is 43.0 Å². The van der Waals surface area contributed by atoms with Crippen molar-refractivity contribution in [3.63, 3.8) is 0 Å². The number of pyridine rings is 1. The number of carbonyl (C=O) groups excluding carboxylic acids is 1. The standard InChI is InChI=1S/C15H21N3O/c1-17-9-2-5-15(11-17)6-10-18(12-15)14(19)13-3-7-16-8-4-13/h3-4,7-8H,2,5-6,9-12H2,1H3/t15-/m1/s1. The minimum atomic E-state index is 0.160. The SMILES string of the molecule is CN1CCC[C@@]2(CCN(C(=O)c3ccncc3)C2)C1. The van der Waals surface area contributed by atoms with Gasteiger partial charge in [-0.05, 0) is 45.0 Å². The molecule has 0 radical (unpaired) electrons. The highest BCUT2D eigenvalue weighted by molar-refractivity contribution is 5.94. The lowest BCUT2D eigenvalue weighted by Gasteiger charge is -2.38. The predicted octanol–water partition coefficient (Wildman–Crippen LogP) is 1.64. The van der Waals surface area contributed by atoms with Crippen molar-refractivity contribution in [1.82, 2.24) is 14.8 Å². The molecule has 0 bridgehead atoms. The molecule has 102 valence electrons. The zero-order valence-electron chi connectivity index (χ0n) is 11.5. The smallest absolute Gasteiger partial charge is 0.253 e. The van der Waals surface area contributed by atoms with E-state index in [1.54, 1.807) is 24.5 Å². The van der Waals surface area contributed by atoms with Crippen LogP contribution in [0.1, 0.15) is 29.6 Å². The van der Waals surface area contributed by atoms with E-state index in [1.165, 1.54) is 19.4 Å². The van der Waals surface area contributed by atoms with Crippen LogP contribution in [0.25, 0.3) is 0 Å². The van der Waals surface area contributed by atoms with Crippen LogP contribution in [0.3, 0.4) is 0 Å². The van der Waals surface area contributed by atoms with E-state index in [4.69, 9.17) is 0 Å². The van der Waals surface area contributed by atoms with Crippen LogP contribution in [0.5, 0.6) is 0 Å². The molecule has 0 aromatic carbocycles. The number of hydrogen-bond donors (Lipinski definition) is 0. The lowest BCUT2D eigenvalue weighted by molar-refractivity contribution is 0.0722. The van der Waals surface area contributed by atoms with Crippen LogP contribution in [-0.2, 0) is 0 Å². The zero-order chi connectivity index (χ0) is 13.3. The molecule has 4 heteroatoms. The number of nitrogens with zero attached hydrogens (tertiary/aromatic N) is 3. The summed E-state index contributed by atoms with van der Waals surface area (Å²) < 4.78 is 0. The molecule has 1 aromatic rings. The average Bonchev–Trinajstić information content (AvgIpc) is 2.82. The van der Waals surface area contributed by atoms with Gasteiger partial charge in [0.25, 0.3) is 5.91 Å². The molecule has 4 nitrogen and oxygen atoms in total. The lowest BCUT2D eigenvalue weighted by atomic mass is 9.79. The molecule has 0 saturated carbocycles. The van der Waals surface area contributed by atoms with Gasteiger partial charge in [-0.15, -0.1) is 0 Å². The number of carbonyl (C=O) groups is 1. The molecule has 0 unspecified atom stereocenters. The van der Waals surface area contributed by atoms with Crippen molar-refractivity contribution < 1.29 is 4.79 Å². The predicted molar refractivity (Wildman–Crippen MR) is 73.9 cm³/mol. The Bertz CT molecular complexity index is 462. The molecule has 19 heavy (non-hydrogen) atoms. The Morgan fingerprint density at radius 3 is 2.74 bits per heavy atom. The first-order valence-electron chi connectivity index (χ1n) is 7.06. The molecule has 3 heterocycles. The summed E-state index contributed by atoms with van der Waals surface area (Å²) in [4.78, 5) is 20.8. The van der Waals surface area contributed by atoms with Gasteiger partial charge >= 0.3 is 0 Å². The maximum atomic E-state index is 12.4. The van der Waals surface area contributed by atoms with Gasteiger partial charge in [0.05, 0.1) is 0 Å². The first kappa shape index (κ1) is 12.6. The molecule has 2 fully saturated rings. The van der Waals surface area contributed by atoms with Crippen molar-refractivity contribution in [2.75, 3.05) is 33.2 Å². The number of piperidine rings is 1. The zero-order valence-corrected chi connectivity index (χ0v) is 11.5. The Morgan fingerprint density at radius 1 is 1.21 bits per heavy atom. The van der Waals surface area contributed by atoms with E-state index in [9.17, 15) is 4.79 Å². The van der Waals surface area contributed by atoms with E-state index in [0.29, 0.717) is 5.41 Å². The fraction of sp³-hybridized carbons (Fsp3) is 0.600. The number of aromatic nitrogens is 1. The van der Waals surface area contributed by atoms with Crippen LogP contribution in [0.4, 0.5) is 0 Å². The van der Waals surface area contributed by atoms with Crippen LogP contribution in [0.2, 0.25) is 0 Å². The molecular weight excluding hydrogens is 238 g/mol. The first-order valence-corrected chi connectivity index (χ1v) is 7.06. The van der Waals surface area contributed by atoms with E-state index in [0.717, 1.165) is 31.6 Å². The minimum absolute atomic E-state index is 0.160. The third-order valence-electron chi connectivity index (χ3n) is 4.51. The number of hydrogen-bond acceptors (Lipinski definition) is 3. The summed E-state index contributed by atoms with van der Waals surface area (Å²) in [6, 6.07) is 3.61. The molecule has 1 amide bonds. The molecule has 0 N–H and O–H groups in total. The van der Waals surface area contributed by atoms with Crippen LogP contribution in [0, 0.1) is 5.41 Å². The second-order valence-electron chi connectivity index (χ2n) is 6.05. The number of likely N-dealkylation sites (tertiary alicyclic amines) is 2. The maximum Gasteiger partial charge on any atom is 0.253 e. The second-order valence-corrected chi connectivity index (χ2v) is 6.05. The molecule has 1 atom stereocenters. The molecule has 1 aromatic heterocycles. The summed E-state index contributed by atoms with van der Waals surface area (Å²) in [5.41, 5.74) is 1.10. The molecule has 2 aliphatic heterocycles. The average molecular weight is 259 g/mol. The topological polar surface area (TPSA) is 36.4 Å². The lowest BCUT2D eigenvalue weighted by Crippen LogP contribution is -2.43. The van der Waals surface area contributed by atoms with E-state index in [1.807, 2.05) is 4.90 Å². The first-order chi connectivity index (χ1) is 9.19. The number of amides is 1. The summed E-state index contributed by atoms with van der Waals surface area (Å²) >= 11 is 0. The Hall–Kier alpha value is -1.42. The van der Waals surface area contributed by atoms with Gasteiger partial charge in [-0.25, -0.2) is 0 Å². The second kappa shape index (κ2) is 4.93. The third kappa shape index (κ3) is 2.50. The molecule has 2 saturated heterocycles. The van der Waals surface area contributed by atoms with Crippen LogP contribution in [-0.4, -0.2) is 53.9 Å². The summed E-state index contributed by atoms with van der Waals surface area (Å²) in [6.07, 6.45) is 7.04. The minimum Gasteiger partial charge on any atom is -0.338 e. The molecule has 1 spiro atoms. The van der Waals surface area contributed by atoms with E-state index >= 15 is 0 Å². The van der Waals surface area contributed by atoms with Gasteiger partial charge in [0.2, 0.25) is 0 Å². The largest absolute Gasteiger partial charge is 0.338 e. The molecule has 2 aliphatic rings. The van der Waals surface area contributed by atoms with Gasteiger partial charge in [0.15, 0.2) is 0 Å². The highest BCUT2D eigenvalue weighted by Crippen LogP contribution is 2.38. The van der Waals surface area contributed by atoms with Gasteiger partial charge < -0.3 is 9.80 Å². The molecular formula is C15H21N3O. The maximum absolute atomic E-state index is 12.4. The Morgan fingerprint density at radius 2 is 2.00 bits per heavy atom. The van der Waals surface area contributed by atoms with Crippen LogP contribution < -0.4 is 0 Å². The fourth-order valence-electron chi connectivity index (χ4n) is 3.57. The van der Waals surface area contributed by atoms with E-state index < -0.39 is 0 Å². The van der Waals surface area contributed by atoms with E-state index in [2.05, 4.69) is 16.9 Å². The van der Waals surface area contributed by atoms with Crippen molar-refractivity contribution >= 4 is 5.91 Å². The molecule has 0 aliphatic carbocycles. The third-order valence-corrected chi connectivity index (χ3v) is 4.51. The van der Waals surface area contributed by atoms with Gasteiger partial charge in [-0.2, -0.15) is 0 Å². The van der Waals surface area contributed by atoms with E-state index in [-0.39, 0.29) is 5.91 Å². The van der Waals surface area contributed by atoms with Crippen molar-refractivity contribution in [2.45, 2.75) is 19.3 Å². The van der Waals surface area contributed by atoms with Crippen LogP contribution >= 0.6 is 0 Å². The Balaban J connectivity index is 1.70. The number of rotatable bonds is 1. The summed E-state index contributed by atoms with van der Waals surface area (Å²) in [5.74, 6) is 0.160. The Labute approximate surface area is 114 Å². The summed E-state index contributed by atoms with van der Waals surface area (Å²) in [5, 5.41) is 0. The Kier molecular flexibility index (Phi) is 3.27. The monoisotopic (exact) mass is 259 g/mol. The highest BCUT2D eigenvalue weighted by Gasteiger charge is 2.42. The van der Waals surface area contributed by atoms with Gasteiger partial charge in [-0.1, -0.05) is 0 Å². The van der Waals surface area contributed by atoms with Crippen molar-refractivity contribution in [3.8, 4) is 0 Å². The van der Waals surface area contributed by atoms with Crippen molar-refractivity contribution in [2.24, 2.45) is 5.41 Å². The normalized spacial score (nSPS) is 27.9. The van der Waals surface area contributed by atoms with Crippen molar-refractivity contribution in [1.29, 1.82) is 0 Å². The van der Waals surface area contributed by atoms with Gasteiger partial charge in [0.1, 0.15) is 0 Å².